The van der Waals surface area contributed by atoms with Crippen LogP contribution in [-0.4, -0.2) is 28.7 Å². The highest BCUT2D eigenvalue weighted by Crippen LogP contribution is 2.28. The zero-order valence-electron chi connectivity index (χ0n) is 15.8. The predicted octanol–water partition coefficient (Wildman–Crippen LogP) is 4.76. The Morgan fingerprint density at radius 3 is 2.53 bits per heavy atom. The minimum absolute atomic E-state index is 0.0341. The van der Waals surface area contributed by atoms with Crippen molar-refractivity contribution < 1.29 is 23.9 Å². The predicted molar refractivity (Wildman–Crippen MR) is 111 cm³/mol. The molecule has 0 aliphatic carbocycles. The molecule has 0 spiro atoms. The standard InChI is InChI=1S/C22H15ClN2O5/c1-12-2-3-13(21(27)28)10-17(12)19-9-8-16(30-19)11-18-20(26)25(22(29)24-18)15-6-4-14(23)5-7-15/h2-10H,11H2,1H3,(H,27,28). The lowest BCUT2D eigenvalue weighted by atomic mass is 10.0. The average Bonchev–Trinajstić information content (AvgIpc) is 3.27. The van der Waals surface area contributed by atoms with Crippen LogP contribution in [0, 0.1) is 6.92 Å². The Bertz CT molecular complexity index is 1210. The zero-order chi connectivity index (χ0) is 21.4. The molecule has 8 heteroatoms. The van der Waals surface area contributed by atoms with Crippen LogP contribution in [0.25, 0.3) is 11.3 Å². The molecule has 0 radical (unpaired) electrons. The maximum atomic E-state index is 12.7. The number of hydrogen-bond donors (Lipinski definition) is 1. The number of imide groups is 1. The number of benzene rings is 2. The molecule has 1 aliphatic heterocycles. The van der Waals surface area contributed by atoms with Gasteiger partial charge in [-0.05, 0) is 61.0 Å². The Morgan fingerprint density at radius 1 is 1.10 bits per heavy atom. The SMILES string of the molecule is Cc1ccc(C(=O)O)cc1-c1ccc(CC2=NC(=O)N(c3ccc(Cl)cc3)C2=O)o1. The van der Waals surface area contributed by atoms with Gasteiger partial charge in [-0.15, -0.1) is 0 Å². The largest absolute Gasteiger partial charge is 0.478 e. The van der Waals surface area contributed by atoms with E-state index in [9.17, 15) is 19.5 Å². The maximum Gasteiger partial charge on any atom is 0.355 e. The molecule has 4 rings (SSSR count). The van der Waals surface area contributed by atoms with Gasteiger partial charge in [0.05, 0.1) is 17.7 Å². The highest BCUT2D eigenvalue weighted by Gasteiger charge is 2.34. The third-order valence-electron chi connectivity index (χ3n) is 4.71. The highest BCUT2D eigenvalue weighted by atomic mass is 35.5. The summed E-state index contributed by atoms with van der Waals surface area (Å²) in [6.07, 6.45) is 0.0341. The molecule has 0 saturated heterocycles. The van der Waals surface area contributed by atoms with Crippen LogP contribution < -0.4 is 4.90 Å². The number of nitrogens with zero attached hydrogens (tertiary/aromatic N) is 2. The highest BCUT2D eigenvalue weighted by molar-refractivity contribution is 6.53. The summed E-state index contributed by atoms with van der Waals surface area (Å²) in [5, 5.41) is 9.69. The van der Waals surface area contributed by atoms with Crippen LogP contribution in [0.1, 0.15) is 21.7 Å². The number of furan rings is 1. The van der Waals surface area contributed by atoms with Crippen molar-refractivity contribution in [2.24, 2.45) is 4.99 Å². The molecule has 2 heterocycles. The van der Waals surface area contributed by atoms with Gasteiger partial charge in [-0.1, -0.05) is 17.7 Å². The van der Waals surface area contributed by atoms with Crippen LogP contribution in [0.5, 0.6) is 0 Å². The fourth-order valence-corrected chi connectivity index (χ4v) is 3.29. The van der Waals surface area contributed by atoms with Gasteiger partial charge >= 0.3 is 12.0 Å². The van der Waals surface area contributed by atoms with E-state index in [-0.39, 0.29) is 17.7 Å². The smallest absolute Gasteiger partial charge is 0.355 e. The second-order valence-electron chi connectivity index (χ2n) is 6.74. The van der Waals surface area contributed by atoms with Crippen molar-refractivity contribution in [3.8, 4) is 11.3 Å². The molecule has 0 atom stereocenters. The number of carboxylic acid groups (broad SMARTS) is 1. The first-order valence-corrected chi connectivity index (χ1v) is 9.36. The van der Waals surface area contributed by atoms with Gasteiger partial charge in [-0.3, -0.25) is 4.79 Å². The van der Waals surface area contributed by atoms with E-state index in [2.05, 4.69) is 4.99 Å². The van der Waals surface area contributed by atoms with E-state index in [0.717, 1.165) is 10.5 Å². The van der Waals surface area contributed by atoms with Crippen LogP contribution in [0.2, 0.25) is 5.02 Å². The lowest BCUT2D eigenvalue weighted by molar-refractivity contribution is -0.111. The zero-order valence-corrected chi connectivity index (χ0v) is 16.5. The minimum Gasteiger partial charge on any atom is -0.478 e. The summed E-state index contributed by atoms with van der Waals surface area (Å²) >= 11 is 5.86. The van der Waals surface area contributed by atoms with Crippen molar-refractivity contribution in [3.63, 3.8) is 0 Å². The fraction of sp³-hybridized carbons (Fsp3) is 0.0909. The molecule has 0 saturated carbocycles. The number of carbonyl (C=O) groups excluding carboxylic acids is 2. The molecule has 3 aromatic rings. The molecule has 0 fully saturated rings. The average molecular weight is 423 g/mol. The summed E-state index contributed by atoms with van der Waals surface area (Å²) in [5.41, 5.74) is 2.08. The van der Waals surface area contributed by atoms with Crippen LogP contribution >= 0.6 is 11.6 Å². The molecule has 1 aromatic heterocycles. The number of aliphatic imine (C=N–C) groups is 1. The molecular formula is C22H15ClN2O5. The number of rotatable bonds is 5. The summed E-state index contributed by atoms with van der Waals surface area (Å²) < 4.78 is 5.81. The normalized spacial score (nSPS) is 13.7. The Labute approximate surface area is 176 Å². The van der Waals surface area contributed by atoms with Crippen molar-refractivity contribution in [1.82, 2.24) is 0 Å². The molecule has 1 aliphatic rings. The van der Waals surface area contributed by atoms with E-state index < -0.39 is 17.9 Å². The van der Waals surface area contributed by atoms with Crippen molar-refractivity contribution in [3.05, 3.63) is 76.5 Å². The summed E-state index contributed by atoms with van der Waals surface area (Å²) in [6, 6.07) is 13.8. The van der Waals surface area contributed by atoms with E-state index in [0.29, 0.717) is 27.8 Å². The van der Waals surface area contributed by atoms with Gasteiger partial charge in [0.1, 0.15) is 17.2 Å². The van der Waals surface area contributed by atoms with Crippen molar-refractivity contribution in [1.29, 1.82) is 0 Å². The quantitative estimate of drug-likeness (QED) is 0.639. The molecule has 7 nitrogen and oxygen atoms in total. The topological polar surface area (TPSA) is 100 Å². The second-order valence-corrected chi connectivity index (χ2v) is 7.17. The number of urea groups is 1. The molecular weight excluding hydrogens is 408 g/mol. The van der Waals surface area contributed by atoms with Crippen LogP contribution in [0.4, 0.5) is 10.5 Å². The monoisotopic (exact) mass is 422 g/mol. The lowest BCUT2D eigenvalue weighted by Gasteiger charge is -2.12. The third kappa shape index (κ3) is 3.62. The van der Waals surface area contributed by atoms with Crippen molar-refractivity contribution in [2.75, 3.05) is 4.90 Å². The van der Waals surface area contributed by atoms with Crippen molar-refractivity contribution >= 4 is 40.9 Å². The number of hydrogen-bond acceptors (Lipinski definition) is 4. The number of aryl methyl sites for hydroxylation is 1. The first-order chi connectivity index (χ1) is 14.3. The Kier molecular flexibility index (Phi) is 4.97. The van der Waals surface area contributed by atoms with Gasteiger partial charge < -0.3 is 9.52 Å². The lowest BCUT2D eigenvalue weighted by Crippen LogP contribution is -2.33. The third-order valence-corrected chi connectivity index (χ3v) is 4.96. The Balaban J connectivity index is 1.56. The van der Waals surface area contributed by atoms with Crippen LogP contribution in [-0.2, 0) is 11.2 Å². The maximum absolute atomic E-state index is 12.7. The summed E-state index contributed by atoms with van der Waals surface area (Å²) in [4.78, 5) is 41.0. The second kappa shape index (κ2) is 7.61. The van der Waals surface area contributed by atoms with E-state index in [1.165, 1.54) is 12.1 Å². The van der Waals surface area contributed by atoms with Gasteiger partial charge in [0.25, 0.3) is 5.91 Å². The van der Waals surface area contributed by atoms with E-state index in [4.69, 9.17) is 16.0 Å². The van der Waals surface area contributed by atoms with E-state index >= 15 is 0 Å². The van der Waals surface area contributed by atoms with Gasteiger partial charge in [0.2, 0.25) is 0 Å². The van der Waals surface area contributed by atoms with Crippen LogP contribution in [0.3, 0.4) is 0 Å². The molecule has 0 unspecified atom stereocenters. The van der Waals surface area contributed by atoms with Gasteiger partial charge in [-0.25, -0.2) is 14.5 Å². The van der Waals surface area contributed by atoms with E-state index in [1.807, 2.05) is 6.92 Å². The molecule has 150 valence electrons. The first kappa shape index (κ1) is 19.6. The molecule has 30 heavy (non-hydrogen) atoms. The summed E-state index contributed by atoms with van der Waals surface area (Å²) in [6.45, 7) is 1.84. The number of carboxylic acids is 1. The fourth-order valence-electron chi connectivity index (χ4n) is 3.17. The van der Waals surface area contributed by atoms with Gasteiger partial charge in [-0.2, -0.15) is 4.99 Å². The molecule has 3 amide bonds. The summed E-state index contributed by atoms with van der Waals surface area (Å²) in [7, 11) is 0. The number of aromatic carboxylic acids is 1. The van der Waals surface area contributed by atoms with Gasteiger partial charge in [0, 0.05) is 10.6 Å². The molecule has 1 N–H and O–H groups in total. The molecule has 2 aromatic carbocycles. The van der Waals surface area contributed by atoms with E-state index in [1.54, 1.807) is 42.5 Å². The molecule has 0 bridgehead atoms. The number of anilines is 1. The van der Waals surface area contributed by atoms with Gasteiger partial charge in [0.15, 0.2) is 0 Å². The number of halogens is 1. The summed E-state index contributed by atoms with van der Waals surface area (Å²) in [5.74, 6) is -0.653. The first-order valence-electron chi connectivity index (χ1n) is 8.98. The van der Waals surface area contributed by atoms with Crippen LogP contribution in [0.15, 0.2) is 64.0 Å². The number of amides is 3. The number of carbonyl (C=O) groups is 3. The minimum atomic E-state index is -1.03. The van der Waals surface area contributed by atoms with Crippen molar-refractivity contribution in [2.45, 2.75) is 13.3 Å². The Hall–Kier alpha value is -3.71. The Morgan fingerprint density at radius 2 is 1.83 bits per heavy atom.